The fourth-order valence-corrected chi connectivity index (χ4v) is 1.06. The second-order valence-corrected chi connectivity index (χ2v) is 3.09. The first-order chi connectivity index (χ1) is 7.24. The number of hydrogen-bond donors (Lipinski definition) is 2. The second-order valence-electron chi connectivity index (χ2n) is 3.09. The van der Waals surface area contributed by atoms with Crippen LogP contribution >= 0.6 is 0 Å². The van der Waals surface area contributed by atoms with E-state index in [-0.39, 0.29) is 5.91 Å². The third kappa shape index (κ3) is 3.84. The van der Waals surface area contributed by atoms with E-state index in [9.17, 15) is 4.79 Å². The topological polar surface area (TPSA) is 55.1 Å². The maximum Gasteiger partial charge on any atom is 0.237 e. The summed E-state index contributed by atoms with van der Waals surface area (Å²) in [6.45, 7) is 0. The van der Waals surface area contributed by atoms with Gasteiger partial charge in [-0.15, -0.1) is 0 Å². The Morgan fingerprint density at radius 3 is 2.73 bits per heavy atom. The summed E-state index contributed by atoms with van der Waals surface area (Å²) >= 11 is 0. The first-order valence-electron chi connectivity index (χ1n) is 4.75. The number of carbonyl (C=O) groups excluding carboxylic acids is 1. The van der Waals surface area contributed by atoms with Gasteiger partial charge in [-0.3, -0.25) is 4.79 Å². The maximum absolute atomic E-state index is 11.1. The zero-order valence-electron chi connectivity index (χ0n) is 8.66. The monoisotopic (exact) mass is 202 g/mol. The highest BCUT2D eigenvalue weighted by molar-refractivity contribution is 5.81. The molecule has 0 saturated carbocycles. The van der Waals surface area contributed by atoms with Gasteiger partial charge < -0.3 is 11.1 Å². The van der Waals surface area contributed by atoms with Crippen LogP contribution < -0.4 is 11.1 Å². The summed E-state index contributed by atoms with van der Waals surface area (Å²) in [6.07, 6.45) is 0.370. The molecule has 0 saturated heterocycles. The number of nitrogens with one attached hydrogen (secondary N) is 1. The Bertz CT molecular complexity index is 376. The molecule has 0 spiro atoms. The third-order valence-electron chi connectivity index (χ3n) is 1.91. The van der Waals surface area contributed by atoms with Crippen molar-refractivity contribution in [2.75, 3.05) is 7.05 Å². The lowest BCUT2D eigenvalue weighted by molar-refractivity contribution is -0.121. The van der Waals surface area contributed by atoms with Gasteiger partial charge in [0.25, 0.3) is 0 Å². The van der Waals surface area contributed by atoms with E-state index in [0.29, 0.717) is 6.42 Å². The normalized spacial score (nSPS) is 11.1. The van der Waals surface area contributed by atoms with Crippen LogP contribution in [0.4, 0.5) is 0 Å². The van der Waals surface area contributed by atoms with Crippen LogP contribution in [0.15, 0.2) is 30.3 Å². The summed E-state index contributed by atoms with van der Waals surface area (Å²) in [7, 11) is 1.56. The molecular weight excluding hydrogens is 188 g/mol. The zero-order valence-corrected chi connectivity index (χ0v) is 8.66. The SMILES string of the molecule is CNC(=O)[C@@H](N)CC#Cc1ccccc1. The molecule has 1 amide bonds. The van der Waals surface area contributed by atoms with E-state index in [0.717, 1.165) is 5.56 Å². The van der Waals surface area contributed by atoms with Gasteiger partial charge in [-0.25, -0.2) is 0 Å². The molecule has 0 radical (unpaired) electrons. The van der Waals surface area contributed by atoms with E-state index < -0.39 is 6.04 Å². The molecule has 1 aromatic carbocycles. The van der Waals surface area contributed by atoms with Crippen molar-refractivity contribution in [3.05, 3.63) is 35.9 Å². The molecule has 1 rings (SSSR count). The standard InChI is InChI=1S/C12H14N2O/c1-14-12(15)11(13)9-5-8-10-6-3-2-4-7-10/h2-4,6-7,11H,9,13H2,1H3,(H,14,15)/t11-/m0/s1. The van der Waals surface area contributed by atoms with Crippen molar-refractivity contribution >= 4 is 5.91 Å². The smallest absolute Gasteiger partial charge is 0.237 e. The lowest BCUT2D eigenvalue weighted by Gasteiger charge is -2.04. The first kappa shape index (κ1) is 11.3. The summed E-state index contributed by atoms with van der Waals surface area (Å²) in [6, 6.07) is 9.05. The molecule has 3 N–H and O–H groups in total. The number of carbonyl (C=O) groups is 1. The van der Waals surface area contributed by atoms with Gasteiger partial charge in [0, 0.05) is 19.0 Å². The van der Waals surface area contributed by atoms with E-state index in [4.69, 9.17) is 5.73 Å². The number of likely N-dealkylation sites (N-methyl/N-ethyl adjacent to an activating group) is 1. The molecular formula is C12H14N2O. The van der Waals surface area contributed by atoms with Gasteiger partial charge in [0.05, 0.1) is 6.04 Å². The molecule has 1 atom stereocenters. The Balaban J connectivity index is 2.50. The lowest BCUT2D eigenvalue weighted by atomic mass is 10.2. The van der Waals surface area contributed by atoms with Crippen LogP contribution in [-0.2, 0) is 4.79 Å². The molecule has 0 aliphatic heterocycles. The quantitative estimate of drug-likeness (QED) is 0.686. The Morgan fingerprint density at radius 2 is 2.13 bits per heavy atom. The van der Waals surface area contributed by atoms with Gasteiger partial charge in [0.2, 0.25) is 5.91 Å². The average molecular weight is 202 g/mol. The van der Waals surface area contributed by atoms with Crippen molar-refractivity contribution in [2.24, 2.45) is 5.73 Å². The number of rotatable bonds is 2. The fraction of sp³-hybridized carbons (Fsp3) is 0.250. The molecule has 1 aromatic rings. The molecule has 3 nitrogen and oxygen atoms in total. The van der Waals surface area contributed by atoms with Crippen LogP contribution in [0.3, 0.4) is 0 Å². The van der Waals surface area contributed by atoms with Gasteiger partial charge in [0.1, 0.15) is 0 Å². The van der Waals surface area contributed by atoms with Crippen molar-refractivity contribution in [3.8, 4) is 11.8 Å². The van der Waals surface area contributed by atoms with Crippen molar-refractivity contribution in [1.29, 1.82) is 0 Å². The number of nitrogens with two attached hydrogens (primary N) is 1. The van der Waals surface area contributed by atoms with Crippen LogP contribution in [0.1, 0.15) is 12.0 Å². The summed E-state index contributed by atoms with van der Waals surface area (Å²) in [4.78, 5) is 11.1. The minimum absolute atomic E-state index is 0.183. The molecule has 0 aromatic heterocycles. The zero-order chi connectivity index (χ0) is 11.1. The van der Waals surface area contributed by atoms with E-state index in [2.05, 4.69) is 17.2 Å². The highest BCUT2D eigenvalue weighted by Gasteiger charge is 2.08. The van der Waals surface area contributed by atoms with E-state index in [1.165, 1.54) is 0 Å². The van der Waals surface area contributed by atoms with Crippen molar-refractivity contribution in [1.82, 2.24) is 5.32 Å². The minimum Gasteiger partial charge on any atom is -0.358 e. The Kier molecular flexibility index (Phi) is 4.39. The maximum atomic E-state index is 11.1. The van der Waals surface area contributed by atoms with E-state index in [1.54, 1.807) is 7.05 Å². The molecule has 3 heteroatoms. The molecule has 78 valence electrons. The predicted molar refractivity (Wildman–Crippen MR) is 60.0 cm³/mol. The Hall–Kier alpha value is -1.79. The highest BCUT2D eigenvalue weighted by atomic mass is 16.2. The summed E-state index contributed by atoms with van der Waals surface area (Å²) in [5.41, 5.74) is 6.51. The summed E-state index contributed by atoms with van der Waals surface area (Å²) in [5.74, 6) is 5.64. The lowest BCUT2D eigenvalue weighted by Crippen LogP contribution is -2.38. The molecule has 0 bridgehead atoms. The molecule has 15 heavy (non-hydrogen) atoms. The summed E-state index contributed by atoms with van der Waals surface area (Å²) < 4.78 is 0. The van der Waals surface area contributed by atoms with E-state index in [1.807, 2.05) is 30.3 Å². The number of amides is 1. The molecule has 0 aliphatic rings. The second kappa shape index (κ2) is 5.84. The molecule has 0 heterocycles. The molecule has 0 aliphatic carbocycles. The van der Waals surface area contributed by atoms with Crippen molar-refractivity contribution in [2.45, 2.75) is 12.5 Å². The summed E-state index contributed by atoms with van der Waals surface area (Å²) in [5, 5.41) is 2.48. The van der Waals surface area contributed by atoms with Crippen LogP contribution in [0, 0.1) is 11.8 Å². The van der Waals surface area contributed by atoms with E-state index >= 15 is 0 Å². The van der Waals surface area contributed by atoms with Gasteiger partial charge in [-0.05, 0) is 12.1 Å². The average Bonchev–Trinajstić information content (AvgIpc) is 2.29. The Labute approximate surface area is 89.7 Å². The highest BCUT2D eigenvalue weighted by Crippen LogP contribution is 1.95. The fourth-order valence-electron chi connectivity index (χ4n) is 1.06. The largest absolute Gasteiger partial charge is 0.358 e. The van der Waals surface area contributed by atoms with Crippen LogP contribution in [0.5, 0.6) is 0 Å². The predicted octanol–water partition coefficient (Wildman–Crippen LogP) is 0.501. The molecule has 0 unspecified atom stereocenters. The Morgan fingerprint density at radius 1 is 1.47 bits per heavy atom. The first-order valence-corrected chi connectivity index (χ1v) is 4.75. The van der Waals surface area contributed by atoms with Crippen LogP contribution in [0.25, 0.3) is 0 Å². The van der Waals surface area contributed by atoms with Gasteiger partial charge in [-0.1, -0.05) is 30.0 Å². The van der Waals surface area contributed by atoms with Gasteiger partial charge in [-0.2, -0.15) is 0 Å². The molecule has 0 fully saturated rings. The van der Waals surface area contributed by atoms with Crippen LogP contribution in [0.2, 0.25) is 0 Å². The number of benzene rings is 1. The van der Waals surface area contributed by atoms with Crippen molar-refractivity contribution < 1.29 is 4.79 Å². The van der Waals surface area contributed by atoms with Gasteiger partial charge >= 0.3 is 0 Å². The third-order valence-corrected chi connectivity index (χ3v) is 1.91. The van der Waals surface area contributed by atoms with Crippen molar-refractivity contribution in [3.63, 3.8) is 0 Å². The van der Waals surface area contributed by atoms with Crippen LogP contribution in [-0.4, -0.2) is 19.0 Å². The minimum atomic E-state index is -0.550. The van der Waals surface area contributed by atoms with Gasteiger partial charge in [0.15, 0.2) is 0 Å². The number of hydrogen-bond acceptors (Lipinski definition) is 2.